The Morgan fingerprint density at radius 3 is 2.60 bits per heavy atom. The van der Waals surface area contributed by atoms with Crippen molar-refractivity contribution in [3.63, 3.8) is 0 Å². The van der Waals surface area contributed by atoms with Crippen LogP contribution in [0.4, 0.5) is 0 Å². The number of hydrogen-bond donors (Lipinski definition) is 0. The zero-order valence-electron chi connectivity index (χ0n) is 8.10. The van der Waals surface area contributed by atoms with Gasteiger partial charge in [-0.05, 0) is 18.1 Å². The normalized spacial score (nSPS) is 12.9. The summed E-state index contributed by atoms with van der Waals surface area (Å²) in [5.74, 6) is 5.31. The second-order valence-corrected chi connectivity index (χ2v) is 3.12. The lowest BCUT2D eigenvalue weighted by Gasteiger charge is -1.88. The van der Waals surface area contributed by atoms with Crippen LogP contribution in [0.1, 0.15) is 5.56 Å². The van der Waals surface area contributed by atoms with Gasteiger partial charge in [-0.2, -0.15) is 0 Å². The average Bonchev–Trinajstić information content (AvgIpc) is 2.81. The molecule has 0 saturated heterocycles. The van der Waals surface area contributed by atoms with Gasteiger partial charge in [-0.3, -0.25) is 4.79 Å². The van der Waals surface area contributed by atoms with E-state index in [1.807, 2.05) is 42.8 Å². The minimum absolute atomic E-state index is 0.135. The Balaban J connectivity index is 2.13. The molecule has 1 aliphatic carbocycles. The van der Waals surface area contributed by atoms with Gasteiger partial charge in [-0.15, -0.1) is 0 Å². The molecular formula is C14H9O. The van der Waals surface area contributed by atoms with Crippen molar-refractivity contribution in [1.82, 2.24) is 0 Å². The molecule has 0 atom stereocenters. The van der Waals surface area contributed by atoms with Gasteiger partial charge in [0.05, 0.1) is 0 Å². The maximum Gasteiger partial charge on any atom is 0.235 e. The van der Waals surface area contributed by atoms with E-state index in [0.29, 0.717) is 5.57 Å². The number of rotatable bonds is 1. The highest BCUT2D eigenvalue weighted by molar-refractivity contribution is 6.11. The van der Waals surface area contributed by atoms with Crippen molar-refractivity contribution in [3.8, 4) is 11.8 Å². The van der Waals surface area contributed by atoms with Gasteiger partial charge in [-0.1, -0.05) is 42.3 Å². The molecule has 0 saturated carbocycles. The molecule has 0 amide bonds. The van der Waals surface area contributed by atoms with E-state index < -0.39 is 0 Å². The first-order chi connectivity index (χ1) is 7.36. The van der Waals surface area contributed by atoms with Crippen LogP contribution in [-0.4, -0.2) is 5.78 Å². The van der Waals surface area contributed by atoms with Gasteiger partial charge < -0.3 is 0 Å². The topological polar surface area (TPSA) is 17.1 Å². The van der Waals surface area contributed by atoms with Crippen LogP contribution in [-0.2, 0) is 4.79 Å². The van der Waals surface area contributed by atoms with Gasteiger partial charge in [0.15, 0.2) is 0 Å². The smallest absolute Gasteiger partial charge is 0.235 e. The summed E-state index contributed by atoms with van der Waals surface area (Å²) in [4.78, 5) is 11.5. The molecule has 0 unspecified atom stereocenters. The lowest BCUT2D eigenvalue weighted by atomic mass is 10.1. The van der Waals surface area contributed by atoms with Crippen LogP contribution >= 0.6 is 0 Å². The van der Waals surface area contributed by atoms with Crippen molar-refractivity contribution in [2.45, 2.75) is 0 Å². The van der Waals surface area contributed by atoms with Crippen molar-refractivity contribution in [2.24, 2.45) is 0 Å². The first-order valence-corrected chi connectivity index (χ1v) is 4.69. The van der Waals surface area contributed by atoms with Gasteiger partial charge in [0, 0.05) is 17.6 Å². The molecule has 2 rings (SSSR count). The fraction of sp³-hybridized carbons (Fsp3) is 0. The number of allylic oxidation sites excluding steroid dienone is 4. The second kappa shape index (κ2) is 4.43. The highest BCUT2D eigenvalue weighted by atomic mass is 16.1. The summed E-state index contributed by atoms with van der Waals surface area (Å²) in [6.07, 6.45) is 7.19. The Morgan fingerprint density at radius 2 is 1.93 bits per heavy atom. The Bertz CT molecular complexity index is 481. The molecule has 0 N–H and O–H groups in total. The minimum Gasteiger partial charge on any atom is -0.279 e. The number of ketones is 1. The molecule has 15 heavy (non-hydrogen) atoms. The van der Waals surface area contributed by atoms with Crippen LogP contribution in [0.3, 0.4) is 0 Å². The standard InChI is InChI=1S/C14H9O/c15-14(13-8-4-5-9-13)11-10-12-6-2-1-3-7-12/h1-9H. The summed E-state index contributed by atoms with van der Waals surface area (Å²) in [6, 6.07) is 9.48. The lowest BCUT2D eigenvalue weighted by Crippen LogP contribution is -1.94. The van der Waals surface area contributed by atoms with E-state index in [4.69, 9.17) is 0 Å². The molecule has 0 spiro atoms. The molecule has 1 heteroatoms. The summed E-state index contributed by atoms with van der Waals surface area (Å²) >= 11 is 0. The van der Waals surface area contributed by atoms with Crippen molar-refractivity contribution in [3.05, 3.63) is 66.1 Å². The SMILES string of the molecule is O=C(C#Cc1ccccc1)C1=C[CH]C=C1. The minimum atomic E-state index is -0.135. The third-order valence-corrected chi connectivity index (χ3v) is 2.02. The van der Waals surface area contributed by atoms with Crippen molar-refractivity contribution in [1.29, 1.82) is 0 Å². The van der Waals surface area contributed by atoms with Gasteiger partial charge in [0.1, 0.15) is 0 Å². The van der Waals surface area contributed by atoms with Crippen LogP contribution in [0.25, 0.3) is 0 Å². The Labute approximate surface area is 89.1 Å². The molecule has 1 radical (unpaired) electrons. The van der Waals surface area contributed by atoms with E-state index in [-0.39, 0.29) is 5.78 Å². The molecule has 1 aromatic rings. The summed E-state index contributed by atoms with van der Waals surface area (Å²) < 4.78 is 0. The predicted octanol–water partition coefficient (Wildman–Crippen LogP) is 2.31. The van der Waals surface area contributed by atoms with Gasteiger partial charge in [0.25, 0.3) is 0 Å². The molecule has 0 aromatic heterocycles. The molecule has 0 aliphatic heterocycles. The number of benzene rings is 1. The lowest BCUT2D eigenvalue weighted by molar-refractivity contribution is -0.110. The summed E-state index contributed by atoms with van der Waals surface area (Å²) in [5.41, 5.74) is 1.51. The number of hydrogen-bond acceptors (Lipinski definition) is 1. The van der Waals surface area contributed by atoms with Gasteiger partial charge in [-0.25, -0.2) is 0 Å². The molecule has 0 heterocycles. The van der Waals surface area contributed by atoms with Crippen molar-refractivity contribution in [2.75, 3.05) is 0 Å². The molecule has 0 fully saturated rings. The number of carbonyl (C=O) groups excluding carboxylic acids is 1. The first-order valence-electron chi connectivity index (χ1n) is 4.69. The largest absolute Gasteiger partial charge is 0.279 e. The third-order valence-electron chi connectivity index (χ3n) is 2.02. The highest BCUT2D eigenvalue weighted by Crippen LogP contribution is 2.08. The summed E-state index contributed by atoms with van der Waals surface area (Å²) in [5, 5.41) is 0. The van der Waals surface area contributed by atoms with Crippen LogP contribution in [0.5, 0.6) is 0 Å². The maximum atomic E-state index is 11.5. The van der Waals surface area contributed by atoms with Crippen LogP contribution in [0.2, 0.25) is 0 Å². The Kier molecular flexibility index (Phi) is 2.80. The van der Waals surface area contributed by atoms with E-state index in [9.17, 15) is 4.79 Å². The fourth-order valence-corrected chi connectivity index (χ4v) is 1.25. The zero-order valence-corrected chi connectivity index (χ0v) is 8.10. The molecule has 1 aliphatic rings. The van der Waals surface area contributed by atoms with Crippen LogP contribution in [0, 0.1) is 18.3 Å². The number of Topliss-reactive ketones (excluding diaryl/α,β-unsaturated/α-hetero) is 1. The van der Waals surface area contributed by atoms with E-state index in [0.717, 1.165) is 5.56 Å². The molecule has 71 valence electrons. The van der Waals surface area contributed by atoms with E-state index >= 15 is 0 Å². The van der Waals surface area contributed by atoms with E-state index in [2.05, 4.69) is 11.8 Å². The predicted molar refractivity (Wildman–Crippen MR) is 59.9 cm³/mol. The average molecular weight is 193 g/mol. The summed E-state index contributed by atoms with van der Waals surface area (Å²) in [6.45, 7) is 0. The highest BCUT2D eigenvalue weighted by Gasteiger charge is 2.04. The second-order valence-electron chi connectivity index (χ2n) is 3.12. The fourth-order valence-electron chi connectivity index (χ4n) is 1.25. The Hall–Kier alpha value is -2.07. The van der Waals surface area contributed by atoms with E-state index in [1.54, 1.807) is 12.2 Å². The molecular weight excluding hydrogens is 184 g/mol. The Morgan fingerprint density at radius 1 is 1.13 bits per heavy atom. The van der Waals surface area contributed by atoms with Crippen LogP contribution in [0.15, 0.2) is 54.1 Å². The number of carbonyl (C=O) groups is 1. The summed E-state index contributed by atoms with van der Waals surface area (Å²) in [7, 11) is 0. The van der Waals surface area contributed by atoms with Crippen molar-refractivity contribution >= 4 is 5.78 Å². The van der Waals surface area contributed by atoms with Crippen LogP contribution < -0.4 is 0 Å². The molecule has 0 bridgehead atoms. The molecule has 1 nitrogen and oxygen atoms in total. The molecule has 1 aromatic carbocycles. The van der Waals surface area contributed by atoms with Gasteiger partial charge >= 0.3 is 0 Å². The van der Waals surface area contributed by atoms with Crippen molar-refractivity contribution < 1.29 is 4.79 Å². The monoisotopic (exact) mass is 193 g/mol. The van der Waals surface area contributed by atoms with Gasteiger partial charge in [0.2, 0.25) is 5.78 Å². The maximum absolute atomic E-state index is 11.5. The van der Waals surface area contributed by atoms with E-state index in [1.165, 1.54) is 0 Å². The third kappa shape index (κ3) is 2.45. The quantitative estimate of drug-likeness (QED) is 0.625. The zero-order chi connectivity index (χ0) is 10.5. The first kappa shape index (κ1) is 9.48.